The maximum atomic E-state index is 13.0. The largest absolute Gasteiger partial charge is 0.433 e. The van der Waals surface area contributed by atoms with E-state index < -0.39 is 23.4 Å². The molecule has 3 rings (SSSR count). The van der Waals surface area contributed by atoms with E-state index >= 15 is 0 Å². The first-order chi connectivity index (χ1) is 15.8. The Labute approximate surface area is 189 Å². The van der Waals surface area contributed by atoms with Gasteiger partial charge in [-0.2, -0.15) is 13.2 Å². The number of amides is 1. The van der Waals surface area contributed by atoms with E-state index in [-0.39, 0.29) is 11.1 Å². The summed E-state index contributed by atoms with van der Waals surface area (Å²) in [5.74, 6) is -0.463. The second-order valence-electron chi connectivity index (χ2n) is 7.32. The normalized spacial score (nSPS) is 15.5. The van der Waals surface area contributed by atoms with Gasteiger partial charge in [-0.3, -0.25) is 20.1 Å². The first-order valence-corrected chi connectivity index (χ1v) is 10.2. The van der Waals surface area contributed by atoms with Gasteiger partial charge in [0.1, 0.15) is 5.71 Å². The third-order valence-electron chi connectivity index (χ3n) is 5.01. The lowest BCUT2D eigenvalue weighted by Gasteiger charge is -2.26. The fraction of sp³-hybridized carbons (Fsp3) is 0.261. The number of benzene rings is 1. The summed E-state index contributed by atoms with van der Waals surface area (Å²) in [4.78, 5) is 18.5. The molecular formula is C23H24F3N5O2. The van der Waals surface area contributed by atoms with Gasteiger partial charge in [0, 0.05) is 61.1 Å². The molecule has 7 nitrogen and oxygen atoms in total. The van der Waals surface area contributed by atoms with Crippen molar-refractivity contribution in [1.82, 2.24) is 9.88 Å². The Hall–Kier alpha value is -3.50. The van der Waals surface area contributed by atoms with Crippen LogP contribution in [0, 0.1) is 5.41 Å². The number of anilines is 1. The second-order valence-corrected chi connectivity index (χ2v) is 7.32. The highest BCUT2D eigenvalue weighted by atomic mass is 19.4. The number of rotatable bonds is 7. The van der Waals surface area contributed by atoms with E-state index in [0.717, 1.165) is 44.6 Å². The molecular weight excluding hydrogens is 435 g/mol. The number of pyridine rings is 1. The minimum absolute atomic E-state index is 0.0475. The lowest BCUT2D eigenvalue weighted by Crippen LogP contribution is -2.35. The van der Waals surface area contributed by atoms with E-state index in [4.69, 9.17) is 15.9 Å². The van der Waals surface area contributed by atoms with Gasteiger partial charge >= 0.3 is 6.18 Å². The van der Waals surface area contributed by atoms with Gasteiger partial charge in [-0.05, 0) is 35.4 Å². The van der Waals surface area contributed by atoms with Gasteiger partial charge in [0.15, 0.2) is 0 Å². The van der Waals surface area contributed by atoms with Crippen molar-refractivity contribution < 1.29 is 22.7 Å². The van der Waals surface area contributed by atoms with Crippen LogP contribution in [0.5, 0.6) is 0 Å². The van der Waals surface area contributed by atoms with E-state index in [9.17, 15) is 18.0 Å². The molecule has 0 atom stereocenters. The summed E-state index contributed by atoms with van der Waals surface area (Å²) in [6.45, 7) is 4.00. The van der Waals surface area contributed by atoms with Crippen LogP contribution < -0.4 is 11.1 Å². The lowest BCUT2D eigenvalue weighted by molar-refractivity contribution is -0.111. The molecule has 4 N–H and O–H groups in total. The minimum atomic E-state index is -4.86. The maximum Gasteiger partial charge on any atom is 0.433 e. The highest BCUT2D eigenvalue weighted by Crippen LogP contribution is 2.28. The van der Waals surface area contributed by atoms with Crippen LogP contribution in [0.15, 0.2) is 55.0 Å². The predicted molar refractivity (Wildman–Crippen MR) is 120 cm³/mol. The topological polar surface area (TPSA) is 104 Å². The molecule has 1 aromatic carbocycles. The maximum absolute atomic E-state index is 13.0. The number of carbonyl (C=O) groups excluding carboxylic acids is 1. The van der Waals surface area contributed by atoms with Crippen molar-refractivity contribution in [3.05, 3.63) is 71.7 Å². The van der Waals surface area contributed by atoms with Gasteiger partial charge < -0.3 is 15.8 Å². The van der Waals surface area contributed by atoms with E-state index in [1.807, 2.05) is 12.1 Å². The van der Waals surface area contributed by atoms with Gasteiger partial charge in [0.25, 0.3) is 0 Å². The summed E-state index contributed by atoms with van der Waals surface area (Å²) in [6, 6.07) is 8.74. The minimum Gasteiger partial charge on any atom is -0.404 e. The van der Waals surface area contributed by atoms with Crippen LogP contribution in [0.3, 0.4) is 0 Å². The molecule has 10 heteroatoms. The summed E-state index contributed by atoms with van der Waals surface area (Å²) < 4.78 is 44.3. The standard InChI is InChI=1S/C23H24F3N5O2/c24-23(25,26)22(28)20(13-27)19-7-8-29-14-17(19)3-6-21(32)30-18-4-1-16(2-5-18)15-31-9-11-33-12-10-31/h1-8,13-14,28H,9-12,15,27H2,(H,30,32)/b6-3+,20-13-,28-22?. The van der Waals surface area contributed by atoms with Crippen LogP contribution >= 0.6 is 0 Å². The number of hydrogen-bond donors (Lipinski definition) is 3. The van der Waals surface area contributed by atoms with Crippen molar-refractivity contribution in [2.75, 3.05) is 31.6 Å². The lowest BCUT2D eigenvalue weighted by atomic mass is 9.98. The van der Waals surface area contributed by atoms with Crippen molar-refractivity contribution in [1.29, 1.82) is 5.41 Å². The summed E-state index contributed by atoms with van der Waals surface area (Å²) in [6.07, 6.45) is 0.970. The summed E-state index contributed by atoms with van der Waals surface area (Å²) >= 11 is 0. The third-order valence-corrected chi connectivity index (χ3v) is 5.01. The number of halogens is 3. The fourth-order valence-corrected chi connectivity index (χ4v) is 3.31. The van der Waals surface area contributed by atoms with Crippen molar-refractivity contribution in [2.45, 2.75) is 12.7 Å². The number of nitrogens with zero attached hydrogens (tertiary/aromatic N) is 2. The number of carbonyl (C=O) groups is 1. The average Bonchev–Trinajstić information content (AvgIpc) is 2.80. The van der Waals surface area contributed by atoms with Crippen molar-refractivity contribution in [2.24, 2.45) is 5.73 Å². The zero-order valence-electron chi connectivity index (χ0n) is 17.7. The zero-order chi connectivity index (χ0) is 23.8. The molecule has 33 heavy (non-hydrogen) atoms. The van der Waals surface area contributed by atoms with E-state index in [1.54, 1.807) is 12.1 Å². The SMILES string of the molecule is N=C(/C(=C\N)c1ccncc1/C=C/C(=O)Nc1ccc(CN2CCOCC2)cc1)C(F)(F)F. The summed E-state index contributed by atoms with van der Waals surface area (Å²) in [5, 5.41) is 10.1. The zero-order valence-corrected chi connectivity index (χ0v) is 17.7. The number of aromatic nitrogens is 1. The molecule has 2 aromatic rings. The molecule has 0 aliphatic carbocycles. The first kappa shape index (κ1) is 24.1. The van der Waals surface area contributed by atoms with Crippen LogP contribution in [-0.4, -0.2) is 54.0 Å². The highest BCUT2D eigenvalue weighted by molar-refractivity contribution is 6.25. The van der Waals surface area contributed by atoms with Gasteiger partial charge in [-0.1, -0.05) is 12.1 Å². The Morgan fingerprint density at radius 1 is 1.21 bits per heavy atom. The summed E-state index contributed by atoms with van der Waals surface area (Å²) in [7, 11) is 0. The molecule has 1 aliphatic heterocycles. The van der Waals surface area contributed by atoms with Gasteiger partial charge in [0.2, 0.25) is 5.91 Å². The molecule has 0 unspecified atom stereocenters. The Balaban J connectivity index is 1.66. The van der Waals surface area contributed by atoms with E-state index in [1.165, 1.54) is 30.6 Å². The molecule has 0 bridgehead atoms. The number of alkyl halides is 3. The monoisotopic (exact) mass is 459 g/mol. The van der Waals surface area contributed by atoms with Crippen LogP contribution in [0.1, 0.15) is 16.7 Å². The number of hydrogen-bond acceptors (Lipinski definition) is 6. The van der Waals surface area contributed by atoms with Crippen LogP contribution in [0.2, 0.25) is 0 Å². The second kappa shape index (κ2) is 10.9. The predicted octanol–water partition coefficient (Wildman–Crippen LogP) is 3.45. The molecule has 1 aromatic heterocycles. The molecule has 0 spiro atoms. The van der Waals surface area contributed by atoms with Crippen molar-refractivity contribution >= 4 is 29.0 Å². The molecule has 1 saturated heterocycles. The number of ether oxygens (including phenoxy) is 1. The van der Waals surface area contributed by atoms with Crippen LogP contribution in [-0.2, 0) is 16.1 Å². The first-order valence-electron chi connectivity index (χ1n) is 10.2. The van der Waals surface area contributed by atoms with Gasteiger partial charge in [-0.15, -0.1) is 0 Å². The third kappa shape index (κ3) is 6.74. The average molecular weight is 459 g/mol. The van der Waals surface area contributed by atoms with Gasteiger partial charge in [0.05, 0.1) is 13.2 Å². The Morgan fingerprint density at radius 3 is 2.55 bits per heavy atom. The Bertz CT molecular complexity index is 1040. The number of nitrogens with one attached hydrogen (secondary N) is 2. The number of allylic oxidation sites excluding steroid dienone is 1. The van der Waals surface area contributed by atoms with Crippen molar-refractivity contribution in [3.63, 3.8) is 0 Å². The molecule has 0 radical (unpaired) electrons. The highest BCUT2D eigenvalue weighted by Gasteiger charge is 2.37. The van der Waals surface area contributed by atoms with Crippen molar-refractivity contribution in [3.8, 4) is 0 Å². The van der Waals surface area contributed by atoms with Gasteiger partial charge in [-0.25, -0.2) is 0 Å². The summed E-state index contributed by atoms with van der Waals surface area (Å²) in [5.41, 5.74) is 5.25. The Morgan fingerprint density at radius 2 is 1.91 bits per heavy atom. The molecule has 2 heterocycles. The molecule has 1 amide bonds. The number of nitrogens with two attached hydrogens (primary N) is 1. The molecule has 1 aliphatic rings. The Kier molecular flexibility index (Phi) is 7.96. The molecule has 0 saturated carbocycles. The van der Waals surface area contributed by atoms with E-state index in [2.05, 4.69) is 15.2 Å². The number of morpholine rings is 1. The smallest absolute Gasteiger partial charge is 0.404 e. The fourth-order valence-electron chi connectivity index (χ4n) is 3.31. The van der Waals surface area contributed by atoms with Crippen LogP contribution in [0.25, 0.3) is 11.6 Å². The van der Waals surface area contributed by atoms with E-state index in [0.29, 0.717) is 5.69 Å². The molecule has 1 fully saturated rings. The molecule has 174 valence electrons. The quantitative estimate of drug-likeness (QED) is 0.435. The van der Waals surface area contributed by atoms with Crippen LogP contribution in [0.4, 0.5) is 18.9 Å².